The molecule has 1 rings (SSSR count). The van der Waals surface area contributed by atoms with Crippen molar-refractivity contribution in [3.63, 3.8) is 0 Å². The highest BCUT2D eigenvalue weighted by molar-refractivity contribution is 4.71. The molecule has 1 aliphatic rings. The largest absolute Gasteiger partial charge is 0.379 e. The molecule has 0 amide bonds. The minimum Gasteiger partial charge on any atom is -0.379 e. The molecule has 4 nitrogen and oxygen atoms in total. The second kappa shape index (κ2) is 7.17. The van der Waals surface area contributed by atoms with Crippen LogP contribution in [-0.4, -0.2) is 56.7 Å². The summed E-state index contributed by atoms with van der Waals surface area (Å²) in [6.45, 7) is 11.0. The van der Waals surface area contributed by atoms with Gasteiger partial charge in [0.15, 0.2) is 6.29 Å². The SMILES string of the molecule is CCOC(CN1CCOCC1C)OCC. The van der Waals surface area contributed by atoms with Crippen LogP contribution >= 0.6 is 0 Å². The molecule has 0 saturated carbocycles. The van der Waals surface area contributed by atoms with Crippen molar-refractivity contribution in [1.82, 2.24) is 4.90 Å². The highest BCUT2D eigenvalue weighted by Crippen LogP contribution is 2.08. The normalized spacial score (nSPS) is 23.6. The van der Waals surface area contributed by atoms with E-state index in [0.29, 0.717) is 19.3 Å². The molecule has 1 saturated heterocycles. The molecule has 0 aromatic rings. The van der Waals surface area contributed by atoms with Gasteiger partial charge in [0.2, 0.25) is 0 Å². The van der Waals surface area contributed by atoms with E-state index in [9.17, 15) is 0 Å². The lowest BCUT2D eigenvalue weighted by Gasteiger charge is -2.35. The molecule has 0 aromatic heterocycles. The summed E-state index contributed by atoms with van der Waals surface area (Å²) < 4.78 is 16.4. The first-order valence-corrected chi connectivity index (χ1v) is 5.82. The van der Waals surface area contributed by atoms with E-state index in [1.165, 1.54) is 0 Å². The predicted molar refractivity (Wildman–Crippen MR) is 58.9 cm³/mol. The van der Waals surface area contributed by atoms with E-state index in [0.717, 1.165) is 26.3 Å². The fourth-order valence-corrected chi connectivity index (χ4v) is 1.75. The van der Waals surface area contributed by atoms with Gasteiger partial charge in [-0.15, -0.1) is 0 Å². The van der Waals surface area contributed by atoms with Crippen LogP contribution in [0.25, 0.3) is 0 Å². The zero-order valence-electron chi connectivity index (χ0n) is 10.1. The minimum atomic E-state index is -0.0967. The molecule has 0 N–H and O–H groups in total. The molecule has 1 aliphatic heterocycles. The van der Waals surface area contributed by atoms with E-state index in [-0.39, 0.29) is 6.29 Å². The summed E-state index contributed by atoms with van der Waals surface area (Å²) in [4.78, 5) is 2.36. The van der Waals surface area contributed by atoms with Crippen molar-refractivity contribution in [3.05, 3.63) is 0 Å². The van der Waals surface area contributed by atoms with Gasteiger partial charge in [-0.3, -0.25) is 4.90 Å². The molecule has 0 aliphatic carbocycles. The van der Waals surface area contributed by atoms with Crippen molar-refractivity contribution < 1.29 is 14.2 Å². The third-order valence-corrected chi connectivity index (χ3v) is 2.59. The maximum atomic E-state index is 5.53. The predicted octanol–water partition coefficient (Wildman–Crippen LogP) is 1.11. The highest BCUT2D eigenvalue weighted by atomic mass is 16.7. The Bertz CT molecular complexity index is 160. The van der Waals surface area contributed by atoms with Gasteiger partial charge in [0.1, 0.15) is 0 Å². The number of morpholine rings is 1. The number of nitrogens with zero attached hydrogens (tertiary/aromatic N) is 1. The summed E-state index contributed by atoms with van der Waals surface area (Å²) >= 11 is 0. The first-order valence-electron chi connectivity index (χ1n) is 5.82. The van der Waals surface area contributed by atoms with Gasteiger partial charge in [-0.25, -0.2) is 0 Å². The molecule has 1 atom stereocenters. The van der Waals surface area contributed by atoms with Gasteiger partial charge >= 0.3 is 0 Å². The van der Waals surface area contributed by atoms with Gasteiger partial charge in [-0.05, 0) is 20.8 Å². The summed E-state index contributed by atoms with van der Waals surface area (Å²) in [7, 11) is 0. The summed E-state index contributed by atoms with van der Waals surface area (Å²) in [5.74, 6) is 0. The Kier molecular flexibility index (Phi) is 6.17. The number of hydrogen-bond donors (Lipinski definition) is 0. The van der Waals surface area contributed by atoms with Crippen LogP contribution in [-0.2, 0) is 14.2 Å². The second-order valence-corrected chi connectivity index (χ2v) is 3.76. The van der Waals surface area contributed by atoms with E-state index in [4.69, 9.17) is 14.2 Å². The Balaban J connectivity index is 2.33. The number of hydrogen-bond acceptors (Lipinski definition) is 4. The Morgan fingerprint density at radius 2 is 2.00 bits per heavy atom. The number of rotatable bonds is 6. The van der Waals surface area contributed by atoms with Crippen molar-refractivity contribution in [2.24, 2.45) is 0 Å². The van der Waals surface area contributed by atoms with Gasteiger partial charge in [-0.1, -0.05) is 0 Å². The van der Waals surface area contributed by atoms with Crippen LogP contribution in [0.5, 0.6) is 0 Å². The molecule has 4 heteroatoms. The van der Waals surface area contributed by atoms with Crippen molar-refractivity contribution >= 4 is 0 Å². The fourth-order valence-electron chi connectivity index (χ4n) is 1.75. The number of ether oxygens (including phenoxy) is 3. The third-order valence-electron chi connectivity index (χ3n) is 2.59. The average Bonchev–Trinajstić information content (AvgIpc) is 2.22. The topological polar surface area (TPSA) is 30.9 Å². The third kappa shape index (κ3) is 4.47. The van der Waals surface area contributed by atoms with Crippen LogP contribution in [0.3, 0.4) is 0 Å². The van der Waals surface area contributed by atoms with E-state index in [2.05, 4.69) is 11.8 Å². The second-order valence-electron chi connectivity index (χ2n) is 3.76. The van der Waals surface area contributed by atoms with Gasteiger partial charge in [0, 0.05) is 32.3 Å². The van der Waals surface area contributed by atoms with Gasteiger partial charge in [0.25, 0.3) is 0 Å². The lowest BCUT2D eigenvalue weighted by atomic mass is 10.2. The zero-order chi connectivity index (χ0) is 11.1. The Morgan fingerprint density at radius 3 is 2.53 bits per heavy atom. The summed E-state index contributed by atoms with van der Waals surface area (Å²) in [6.07, 6.45) is -0.0967. The van der Waals surface area contributed by atoms with Crippen molar-refractivity contribution in [1.29, 1.82) is 0 Å². The van der Waals surface area contributed by atoms with Crippen molar-refractivity contribution in [3.8, 4) is 0 Å². The zero-order valence-corrected chi connectivity index (χ0v) is 10.1. The smallest absolute Gasteiger partial charge is 0.170 e. The van der Waals surface area contributed by atoms with E-state index >= 15 is 0 Å². The maximum absolute atomic E-state index is 5.53. The standard InChI is InChI=1S/C11H23NO3/c1-4-14-11(15-5-2)8-12-6-7-13-9-10(12)3/h10-11H,4-9H2,1-3H3. The fraction of sp³-hybridized carbons (Fsp3) is 1.00. The van der Waals surface area contributed by atoms with Crippen LogP contribution in [0.2, 0.25) is 0 Å². The molecule has 1 unspecified atom stereocenters. The van der Waals surface area contributed by atoms with E-state index < -0.39 is 0 Å². The molecule has 0 radical (unpaired) electrons. The van der Waals surface area contributed by atoms with E-state index in [1.54, 1.807) is 0 Å². The van der Waals surface area contributed by atoms with Crippen LogP contribution in [0.1, 0.15) is 20.8 Å². The summed E-state index contributed by atoms with van der Waals surface area (Å²) in [5, 5.41) is 0. The molecule has 0 spiro atoms. The molecule has 0 bridgehead atoms. The van der Waals surface area contributed by atoms with Crippen LogP contribution in [0, 0.1) is 0 Å². The monoisotopic (exact) mass is 217 g/mol. The summed E-state index contributed by atoms with van der Waals surface area (Å²) in [6, 6.07) is 0.460. The van der Waals surface area contributed by atoms with Crippen molar-refractivity contribution in [2.75, 3.05) is 39.5 Å². The Hall–Kier alpha value is -0.160. The first kappa shape index (κ1) is 12.9. The minimum absolute atomic E-state index is 0.0967. The Morgan fingerprint density at radius 1 is 1.33 bits per heavy atom. The van der Waals surface area contributed by atoms with Gasteiger partial charge < -0.3 is 14.2 Å². The van der Waals surface area contributed by atoms with Gasteiger partial charge in [0.05, 0.1) is 13.2 Å². The van der Waals surface area contributed by atoms with Crippen LogP contribution in [0.4, 0.5) is 0 Å². The lowest BCUT2D eigenvalue weighted by molar-refractivity contribution is -0.157. The molecule has 1 heterocycles. The first-order chi connectivity index (χ1) is 7.27. The lowest BCUT2D eigenvalue weighted by Crippen LogP contribution is -2.47. The van der Waals surface area contributed by atoms with E-state index in [1.807, 2.05) is 13.8 Å². The van der Waals surface area contributed by atoms with Gasteiger partial charge in [-0.2, -0.15) is 0 Å². The molecule has 0 aromatic carbocycles. The quantitative estimate of drug-likeness (QED) is 0.624. The van der Waals surface area contributed by atoms with Crippen LogP contribution < -0.4 is 0 Å². The summed E-state index contributed by atoms with van der Waals surface area (Å²) in [5.41, 5.74) is 0. The Labute approximate surface area is 92.5 Å². The molecule has 15 heavy (non-hydrogen) atoms. The molecular weight excluding hydrogens is 194 g/mol. The molecule has 90 valence electrons. The highest BCUT2D eigenvalue weighted by Gasteiger charge is 2.22. The average molecular weight is 217 g/mol. The molecule has 1 fully saturated rings. The maximum Gasteiger partial charge on any atom is 0.170 e. The van der Waals surface area contributed by atoms with Crippen molar-refractivity contribution in [2.45, 2.75) is 33.1 Å². The molecular formula is C11H23NO3. The van der Waals surface area contributed by atoms with Crippen LogP contribution in [0.15, 0.2) is 0 Å².